The maximum atomic E-state index is 13.0. The van der Waals surface area contributed by atoms with Crippen molar-refractivity contribution in [3.8, 4) is 6.07 Å². The molecule has 3 N–H and O–H groups in total. The lowest BCUT2D eigenvalue weighted by Crippen LogP contribution is -2.48. The fourth-order valence-electron chi connectivity index (χ4n) is 3.78. The highest BCUT2D eigenvalue weighted by Crippen LogP contribution is 2.33. The minimum atomic E-state index is -0.560. The van der Waals surface area contributed by atoms with Gasteiger partial charge in [-0.3, -0.25) is 9.48 Å². The second-order valence-electron chi connectivity index (χ2n) is 7.60. The van der Waals surface area contributed by atoms with Crippen molar-refractivity contribution in [1.82, 2.24) is 15.1 Å². The van der Waals surface area contributed by atoms with E-state index in [9.17, 15) is 10.1 Å². The number of anilines is 2. The van der Waals surface area contributed by atoms with Crippen molar-refractivity contribution in [3.63, 3.8) is 0 Å². The van der Waals surface area contributed by atoms with E-state index >= 15 is 0 Å². The Bertz CT molecular complexity index is 1080. The second-order valence-corrected chi connectivity index (χ2v) is 7.60. The van der Waals surface area contributed by atoms with Crippen LogP contribution in [0.2, 0.25) is 0 Å². The fraction of sp³-hybridized carbons (Fsp3) is 0.261. The van der Waals surface area contributed by atoms with E-state index < -0.39 is 6.04 Å². The quantitative estimate of drug-likeness (QED) is 0.591. The van der Waals surface area contributed by atoms with Crippen LogP contribution in [0.4, 0.5) is 11.4 Å². The third kappa shape index (κ3) is 3.91. The Morgan fingerprint density at radius 3 is 2.70 bits per heavy atom. The number of carbonyl (C=O) groups is 1. The van der Waals surface area contributed by atoms with Crippen LogP contribution in [0.5, 0.6) is 0 Å². The number of aryl methyl sites for hydroxylation is 1. The zero-order chi connectivity index (χ0) is 21.1. The summed E-state index contributed by atoms with van der Waals surface area (Å²) < 4.78 is 1.79. The number of aromatic nitrogens is 2. The smallest absolute Gasteiger partial charge is 0.248 e. The van der Waals surface area contributed by atoms with Gasteiger partial charge in [-0.2, -0.15) is 10.4 Å². The Morgan fingerprint density at radius 1 is 1.20 bits per heavy atom. The Balaban J connectivity index is 1.61. The molecule has 2 heterocycles. The van der Waals surface area contributed by atoms with E-state index in [1.54, 1.807) is 22.9 Å². The van der Waals surface area contributed by atoms with E-state index in [0.29, 0.717) is 23.5 Å². The molecule has 30 heavy (non-hydrogen) atoms. The third-order valence-corrected chi connectivity index (χ3v) is 5.45. The van der Waals surface area contributed by atoms with Gasteiger partial charge in [-0.15, -0.1) is 0 Å². The zero-order valence-electron chi connectivity index (χ0n) is 17.0. The standard InChI is InChI=1S/C23H24N6O/c1-15(18-13-26-29(2)14-18)12-25-21(16-7-4-3-5-8-16)22-23(30)27-19-10-6-9-17(11-24)20(19)28-22/h3-10,13-15,21-22,25,28H,12H2,1-2H3,(H,27,30)/t15-,21-,22+/m1/s1. The number of nitriles is 1. The molecule has 0 spiro atoms. The van der Waals surface area contributed by atoms with Crippen molar-refractivity contribution in [3.05, 3.63) is 77.6 Å². The summed E-state index contributed by atoms with van der Waals surface area (Å²) in [5, 5.41) is 23.6. The van der Waals surface area contributed by atoms with Crippen LogP contribution in [-0.4, -0.2) is 28.3 Å². The lowest BCUT2D eigenvalue weighted by molar-refractivity contribution is -0.117. The molecule has 0 saturated carbocycles. The number of hydrogen-bond acceptors (Lipinski definition) is 5. The van der Waals surface area contributed by atoms with Crippen molar-refractivity contribution in [2.24, 2.45) is 7.05 Å². The average Bonchev–Trinajstić information content (AvgIpc) is 3.20. The zero-order valence-corrected chi connectivity index (χ0v) is 17.0. The molecule has 0 saturated heterocycles. The van der Waals surface area contributed by atoms with E-state index in [1.165, 1.54) is 0 Å². The van der Waals surface area contributed by atoms with Gasteiger partial charge in [0.2, 0.25) is 5.91 Å². The third-order valence-electron chi connectivity index (χ3n) is 5.45. The van der Waals surface area contributed by atoms with Gasteiger partial charge in [-0.05, 0) is 29.2 Å². The molecule has 0 radical (unpaired) electrons. The number of benzene rings is 2. The summed E-state index contributed by atoms with van der Waals surface area (Å²) in [5.41, 5.74) is 3.93. The number of nitrogens with one attached hydrogen (secondary N) is 3. The Hall–Kier alpha value is -3.63. The van der Waals surface area contributed by atoms with Crippen molar-refractivity contribution in [2.45, 2.75) is 24.9 Å². The Morgan fingerprint density at radius 2 is 2.00 bits per heavy atom. The minimum absolute atomic E-state index is 0.132. The van der Waals surface area contributed by atoms with Gasteiger partial charge in [-0.25, -0.2) is 0 Å². The predicted octanol–water partition coefficient (Wildman–Crippen LogP) is 3.16. The maximum Gasteiger partial charge on any atom is 0.248 e. The number of para-hydroxylation sites is 1. The topological polar surface area (TPSA) is 94.8 Å². The second kappa shape index (κ2) is 8.39. The predicted molar refractivity (Wildman–Crippen MR) is 116 cm³/mol. The Kier molecular flexibility index (Phi) is 5.50. The maximum absolute atomic E-state index is 13.0. The van der Waals surface area contributed by atoms with Crippen LogP contribution in [0.3, 0.4) is 0 Å². The lowest BCUT2D eigenvalue weighted by atomic mass is 9.94. The molecule has 1 aliphatic rings. The summed E-state index contributed by atoms with van der Waals surface area (Å²) in [4.78, 5) is 13.0. The highest BCUT2D eigenvalue weighted by atomic mass is 16.2. The molecule has 0 bridgehead atoms. The normalized spacial score (nSPS) is 17.2. The van der Waals surface area contributed by atoms with E-state index in [2.05, 4.69) is 34.0 Å². The summed E-state index contributed by atoms with van der Waals surface area (Å²) >= 11 is 0. The van der Waals surface area contributed by atoms with E-state index in [-0.39, 0.29) is 17.9 Å². The Labute approximate surface area is 175 Å². The summed E-state index contributed by atoms with van der Waals surface area (Å²) in [5.74, 6) is 0.0893. The first kappa shape index (κ1) is 19.7. The average molecular weight is 400 g/mol. The van der Waals surface area contributed by atoms with Crippen LogP contribution in [0.1, 0.15) is 35.6 Å². The molecule has 152 valence electrons. The largest absolute Gasteiger partial charge is 0.369 e. The van der Waals surface area contributed by atoms with Crippen molar-refractivity contribution in [1.29, 1.82) is 5.26 Å². The molecule has 0 unspecified atom stereocenters. The van der Waals surface area contributed by atoms with Gasteiger partial charge >= 0.3 is 0 Å². The van der Waals surface area contributed by atoms with Gasteiger partial charge in [0, 0.05) is 19.8 Å². The first-order valence-corrected chi connectivity index (χ1v) is 9.94. The highest BCUT2D eigenvalue weighted by molar-refractivity contribution is 6.04. The van der Waals surface area contributed by atoms with Gasteiger partial charge in [0.25, 0.3) is 0 Å². The van der Waals surface area contributed by atoms with Crippen LogP contribution < -0.4 is 16.0 Å². The van der Waals surface area contributed by atoms with Crippen LogP contribution in [0.25, 0.3) is 0 Å². The van der Waals surface area contributed by atoms with Crippen LogP contribution in [0.15, 0.2) is 60.9 Å². The number of amides is 1. The SMILES string of the molecule is C[C@H](CN[C@H](c1ccccc1)[C@@H]1Nc2c(C#N)cccc2NC1=O)c1cnn(C)c1. The molecule has 0 fully saturated rings. The lowest BCUT2D eigenvalue weighted by Gasteiger charge is -2.34. The molecule has 0 aliphatic carbocycles. The highest BCUT2D eigenvalue weighted by Gasteiger charge is 2.34. The summed E-state index contributed by atoms with van der Waals surface area (Å²) in [6.07, 6.45) is 3.87. The number of rotatable bonds is 6. The van der Waals surface area contributed by atoms with Gasteiger partial charge in [-0.1, -0.05) is 43.3 Å². The molecule has 3 atom stereocenters. The molecule has 7 heteroatoms. The van der Waals surface area contributed by atoms with Gasteiger partial charge < -0.3 is 16.0 Å². The molecule has 3 aromatic rings. The van der Waals surface area contributed by atoms with Crippen molar-refractivity contribution in [2.75, 3.05) is 17.2 Å². The number of fused-ring (bicyclic) bond motifs is 1. The number of hydrogen-bond donors (Lipinski definition) is 3. The molecule has 2 aromatic carbocycles. The summed E-state index contributed by atoms with van der Waals surface area (Å²) in [6.45, 7) is 2.80. The molecule has 4 rings (SSSR count). The van der Waals surface area contributed by atoms with E-state index in [1.807, 2.05) is 49.8 Å². The molecule has 1 amide bonds. The monoisotopic (exact) mass is 400 g/mol. The summed E-state index contributed by atoms with van der Waals surface area (Å²) in [6, 6.07) is 16.6. The fourth-order valence-corrected chi connectivity index (χ4v) is 3.78. The molecule has 1 aliphatic heterocycles. The molecule has 7 nitrogen and oxygen atoms in total. The van der Waals surface area contributed by atoms with Crippen LogP contribution in [-0.2, 0) is 11.8 Å². The van der Waals surface area contributed by atoms with Crippen molar-refractivity contribution < 1.29 is 4.79 Å². The van der Waals surface area contributed by atoms with E-state index in [4.69, 9.17) is 0 Å². The molecule has 1 aromatic heterocycles. The minimum Gasteiger partial charge on any atom is -0.369 e. The number of nitrogens with zero attached hydrogens (tertiary/aromatic N) is 3. The van der Waals surface area contributed by atoms with Gasteiger partial charge in [0.1, 0.15) is 12.1 Å². The molecular weight excluding hydrogens is 376 g/mol. The van der Waals surface area contributed by atoms with E-state index in [0.717, 1.165) is 11.1 Å². The van der Waals surface area contributed by atoms with Crippen LogP contribution >= 0.6 is 0 Å². The first-order chi connectivity index (χ1) is 14.6. The van der Waals surface area contributed by atoms with Crippen molar-refractivity contribution >= 4 is 17.3 Å². The summed E-state index contributed by atoms with van der Waals surface area (Å²) in [7, 11) is 1.90. The van der Waals surface area contributed by atoms with Gasteiger partial charge in [0.15, 0.2) is 0 Å². The van der Waals surface area contributed by atoms with Crippen LogP contribution in [0, 0.1) is 11.3 Å². The number of carbonyl (C=O) groups excluding carboxylic acids is 1. The first-order valence-electron chi connectivity index (χ1n) is 9.94. The van der Waals surface area contributed by atoms with Gasteiger partial charge in [0.05, 0.1) is 29.2 Å². The molecular formula is C23H24N6O.